The fourth-order valence-electron chi connectivity index (χ4n) is 4.06. The number of nitrogens with two attached hydrogens (primary N) is 1. The summed E-state index contributed by atoms with van der Waals surface area (Å²) < 4.78 is 1.03. The van der Waals surface area contributed by atoms with Gasteiger partial charge in [0.25, 0.3) is 0 Å². The first-order chi connectivity index (χ1) is 14.2. The number of nitrogens with one attached hydrogen (secondary N) is 2. The molecule has 4 heterocycles. The SMILES string of the molecule is Cl.Cl.Cl.Nc1ncc(-c2cn[nH]c2C2CCNCC2)cc1-c1cc2cccc(Br)c2cn1. The van der Waals surface area contributed by atoms with E-state index in [1.807, 2.05) is 30.7 Å². The molecule has 0 aliphatic carbocycles. The normalized spacial score (nSPS) is 13.7. The van der Waals surface area contributed by atoms with Crippen LogP contribution in [0, 0.1) is 0 Å². The molecular formula is C22H24BrCl3N6. The molecule has 0 saturated carbocycles. The molecule has 0 spiro atoms. The van der Waals surface area contributed by atoms with Gasteiger partial charge in [0.05, 0.1) is 11.9 Å². The molecule has 1 aliphatic heterocycles. The van der Waals surface area contributed by atoms with Gasteiger partial charge >= 0.3 is 0 Å². The smallest absolute Gasteiger partial charge is 0.132 e. The van der Waals surface area contributed by atoms with Gasteiger partial charge in [0.2, 0.25) is 0 Å². The minimum Gasteiger partial charge on any atom is -0.383 e. The average Bonchev–Trinajstić information content (AvgIpc) is 3.25. The fraction of sp³-hybridized carbons (Fsp3) is 0.227. The van der Waals surface area contributed by atoms with Crippen molar-refractivity contribution in [2.75, 3.05) is 18.8 Å². The highest BCUT2D eigenvalue weighted by atomic mass is 79.9. The quantitative estimate of drug-likeness (QED) is 0.297. The lowest BCUT2D eigenvalue weighted by Crippen LogP contribution is -2.27. The summed E-state index contributed by atoms with van der Waals surface area (Å²) in [5.41, 5.74) is 11.2. The molecule has 170 valence electrons. The van der Waals surface area contributed by atoms with Crippen LogP contribution in [-0.2, 0) is 0 Å². The molecular weight excluding hydrogens is 535 g/mol. The zero-order valence-corrected chi connectivity index (χ0v) is 21.1. The van der Waals surface area contributed by atoms with Gasteiger partial charge in [-0.15, -0.1) is 37.2 Å². The summed E-state index contributed by atoms with van der Waals surface area (Å²) in [5, 5.41) is 13.1. The van der Waals surface area contributed by atoms with Gasteiger partial charge in [-0.05, 0) is 49.5 Å². The number of halogens is 4. The molecule has 6 nitrogen and oxygen atoms in total. The maximum Gasteiger partial charge on any atom is 0.132 e. The van der Waals surface area contributed by atoms with E-state index in [1.165, 1.54) is 5.69 Å². The molecule has 0 bridgehead atoms. The first-order valence-electron chi connectivity index (χ1n) is 9.75. The zero-order chi connectivity index (χ0) is 19.8. The molecule has 4 aromatic rings. The van der Waals surface area contributed by atoms with E-state index in [2.05, 4.69) is 59.6 Å². The molecule has 32 heavy (non-hydrogen) atoms. The van der Waals surface area contributed by atoms with Crippen LogP contribution in [0.2, 0.25) is 0 Å². The number of fused-ring (bicyclic) bond motifs is 1. The van der Waals surface area contributed by atoms with E-state index < -0.39 is 0 Å². The Bertz CT molecular complexity index is 1190. The highest BCUT2D eigenvalue weighted by Gasteiger charge is 2.21. The second kappa shape index (κ2) is 11.3. The molecule has 5 rings (SSSR count). The molecule has 1 saturated heterocycles. The number of rotatable bonds is 3. The third kappa shape index (κ3) is 5.02. The zero-order valence-electron chi connectivity index (χ0n) is 17.0. The standard InChI is InChI=1S/C22H21BrN6.3ClH/c23-19-3-1-2-14-9-20(26-11-17(14)19)16-8-15(10-27-22(16)24)18-12-28-29-21(18)13-4-6-25-7-5-13;;;/h1-3,8-13,25H,4-7H2,(H2,24,27)(H,28,29);3*1H. The van der Waals surface area contributed by atoms with Crippen molar-refractivity contribution in [3.63, 3.8) is 0 Å². The van der Waals surface area contributed by atoms with Gasteiger partial charge in [0, 0.05) is 50.6 Å². The number of anilines is 1. The van der Waals surface area contributed by atoms with Crippen molar-refractivity contribution in [2.45, 2.75) is 18.8 Å². The van der Waals surface area contributed by atoms with E-state index in [4.69, 9.17) is 5.73 Å². The number of pyridine rings is 2. The van der Waals surface area contributed by atoms with Crippen molar-refractivity contribution in [1.82, 2.24) is 25.5 Å². The largest absolute Gasteiger partial charge is 0.383 e. The number of hydrogen-bond acceptors (Lipinski definition) is 5. The van der Waals surface area contributed by atoms with Crippen LogP contribution in [0.3, 0.4) is 0 Å². The lowest BCUT2D eigenvalue weighted by Gasteiger charge is -2.22. The monoisotopic (exact) mass is 556 g/mol. The number of nitrogens with zero attached hydrogens (tertiary/aromatic N) is 3. The Hall–Kier alpha value is -1.90. The molecule has 1 aliphatic rings. The predicted molar refractivity (Wildman–Crippen MR) is 141 cm³/mol. The van der Waals surface area contributed by atoms with Gasteiger partial charge in [-0.2, -0.15) is 5.10 Å². The third-order valence-corrected chi connectivity index (χ3v) is 6.32. The van der Waals surface area contributed by atoms with Crippen LogP contribution in [0.25, 0.3) is 33.2 Å². The van der Waals surface area contributed by atoms with Crippen LogP contribution in [0.5, 0.6) is 0 Å². The van der Waals surface area contributed by atoms with E-state index in [9.17, 15) is 0 Å². The molecule has 0 radical (unpaired) electrons. The van der Waals surface area contributed by atoms with Crippen LogP contribution in [0.4, 0.5) is 5.82 Å². The number of nitrogen functional groups attached to an aromatic ring is 1. The Morgan fingerprint density at radius 3 is 2.50 bits per heavy atom. The van der Waals surface area contributed by atoms with Crippen LogP contribution in [0.1, 0.15) is 24.5 Å². The van der Waals surface area contributed by atoms with Crippen molar-refractivity contribution in [3.05, 3.63) is 59.1 Å². The number of hydrogen-bond donors (Lipinski definition) is 3. The Labute approximate surface area is 213 Å². The predicted octanol–water partition coefficient (Wildman–Crippen LogP) is 5.76. The first kappa shape index (κ1) is 26.4. The van der Waals surface area contributed by atoms with E-state index in [-0.39, 0.29) is 37.2 Å². The maximum atomic E-state index is 6.24. The van der Waals surface area contributed by atoms with Gasteiger partial charge in [0.15, 0.2) is 0 Å². The third-order valence-electron chi connectivity index (χ3n) is 5.63. The highest BCUT2D eigenvalue weighted by Crippen LogP contribution is 2.35. The fourth-order valence-corrected chi connectivity index (χ4v) is 4.54. The average molecular weight is 559 g/mol. The van der Waals surface area contributed by atoms with Gasteiger partial charge < -0.3 is 11.1 Å². The molecule has 0 unspecified atom stereocenters. The molecule has 4 N–H and O–H groups in total. The van der Waals surface area contributed by atoms with E-state index in [1.54, 1.807) is 0 Å². The lowest BCUT2D eigenvalue weighted by molar-refractivity contribution is 0.453. The van der Waals surface area contributed by atoms with Gasteiger partial charge in [-0.1, -0.05) is 28.1 Å². The summed E-state index contributed by atoms with van der Waals surface area (Å²) in [6, 6.07) is 10.2. The molecule has 1 fully saturated rings. The number of aromatic amines is 1. The van der Waals surface area contributed by atoms with Gasteiger partial charge in [-0.3, -0.25) is 10.1 Å². The summed E-state index contributed by atoms with van der Waals surface area (Å²) in [6.45, 7) is 2.07. The summed E-state index contributed by atoms with van der Waals surface area (Å²) in [4.78, 5) is 9.12. The van der Waals surface area contributed by atoms with Crippen LogP contribution in [-0.4, -0.2) is 33.3 Å². The molecule has 0 amide bonds. The minimum absolute atomic E-state index is 0. The van der Waals surface area contributed by atoms with Crippen LogP contribution < -0.4 is 11.1 Å². The molecule has 3 aromatic heterocycles. The number of piperidine rings is 1. The maximum absolute atomic E-state index is 6.24. The van der Waals surface area contributed by atoms with Gasteiger partial charge in [-0.25, -0.2) is 4.98 Å². The second-order valence-electron chi connectivity index (χ2n) is 7.41. The lowest BCUT2D eigenvalue weighted by atomic mass is 9.90. The van der Waals surface area contributed by atoms with E-state index >= 15 is 0 Å². The summed E-state index contributed by atoms with van der Waals surface area (Å²) >= 11 is 3.58. The van der Waals surface area contributed by atoms with Crippen molar-refractivity contribution in [2.24, 2.45) is 0 Å². The summed E-state index contributed by atoms with van der Waals surface area (Å²) in [5.74, 6) is 0.952. The summed E-state index contributed by atoms with van der Waals surface area (Å²) in [7, 11) is 0. The van der Waals surface area contributed by atoms with Crippen molar-refractivity contribution in [3.8, 4) is 22.4 Å². The van der Waals surface area contributed by atoms with Gasteiger partial charge in [0.1, 0.15) is 5.82 Å². The van der Waals surface area contributed by atoms with Crippen LogP contribution in [0.15, 0.2) is 53.4 Å². The topological polar surface area (TPSA) is 92.5 Å². The Kier molecular flexibility index (Phi) is 9.30. The van der Waals surface area contributed by atoms with Crippen molar-refractivity contribution in [1.29, 1.82) is 0 Å². The summed E-state index contributed by atoms with van der Waals surface area (Å²) in [6.07, 6.45) is 7.79. The Morgan fingerprint density at radius 1 is 0.938 bits per heavy atom. The Balaban J connectivity index is 0.00000121. The molecule has 1 aromatic carbocycles. The number of benzene rings is 1. The molecule has 0 atom stereocenters. The van der Waals surface area contributed by atoms with Crippen LogP contribution >= 0.6 is 53.2 Å². The van der Waals surface area contributed by atoms with Crippen molar-refractivity contribution < 1.29 is 0 Å². The van der Waals surface area contributed by atoms with Crippen molar-refractivity contribution >= 4 is 69.7 Å². The second-order valence-corrected chi connectivity index (χ2v) is 8.26. The minimum atomic E-state index is 0. The van der Waals surface area contributed by atoms with E-state index in [0.717, 1.165) is 63.6 Å². The number of aromatic nitrogens is 4. The van der Waals surface area contributed by atoms with E-state index in [0.29, 0.717) is 11.7 Å². The molecule has 10 heteroatoms. The highest BCUT2D eigenvalue weighted by molar-refractivity contribution is 9.10. The Morgan fingerprint density at radius 2 is 1.72 bits per heavy atom. The number of H-pyrrole nitrogens is 1. The first-order valence-corrected chi connectivity index (χ1v) is 10.5.